The van der Waals surface area contributed by atoms with Gasteiger partial charge in [0.15, 0.2) is 0 Å². The predicted octanol–water partition coefficient (Wildman–Crippen LogP) is -0.586. The highest BCUT2D eigenvalue weighted by atomic mass is 16.1. The zero-order valence-corrected chi connectivity index (χ0v) is 6.10. The molecule has 5 heteroatoms. The monoisotopic (exact) mass is 154 g/mol. The van der Waals surface area contributed by atoms with Gasteiger partial charge in [0.25, 0.3) is 0 Å². The minimum atomic E-state index is 0.684. The van der Waals surface area contributed by atoms with E-state index in [9.17, 15) is 4.79 Å². The van der Waals surface area contributed by atoms with Crippen molar-refractivity contribution in [2.75, 3.05) is 6.54 Å². The van der Waals surface area contributed by atoms with Crippen LogP contribution in [-0.2, 0) is 11.3 Å². The van der Waals surface area contributed by atoms with E-state index >= 15 is 0 Å². The van der Waals surface area contributed by atoms with Crippen LogP contribution in [0.1, 0.15) is 6.42 Å². The Morgan fingerprint density at radius 2 is 2.55 bits per heavy atom. The third-order valence-electron chi connectivity index (χ3n) is 1.26. The van der Waals surface area contributed by atoms with Crippen LogP contribution in [0.25, 0.3) is 0 Å². The van der Waals surface area contributed by atoms with Crippen molar-refractivity contribution in [3.8, 4) is 0 Å². The zero-order valence-electron chi connectivity index (χ0n) is 6.10. The number of rotatable bonds is 5. The third-order valence-corrected chi connectivity index (χ3v) is 1.26. The van der Waals surface area contributed by atoms with Gasteiger partial charge in [0, 0.05) is 19.3 Å². The van der Waals surface area contributed by atoms with Gasteiger partial charge in [-0.2, -0.15) is 0 Å². The SMILES string of the molecule is O=CNCCCn1ccnn1. The van der Waals surface area contributed by atoms with Crippen LogP contribution in [0.4, 0.5) is 0 Å². The summed E-state index contributed by atoms with van der Waals surface area (Å²) in [6.07, 6.45) is 5.00. The fourth-order valence-corrected chi connectivity index (χ4v) is 0.754. The lowest BCUT2D eigenvalue weighted by Crippen LogP contribution is -2.14. The largest absolute Gasteiger partial charge is 0.359 e. The van der Waals surface area contributed by atoms with Gasteiger partial charge in [0.2, 0.25) is 6.41 Å². The summed E-state index contributed by atoms with van der Waals surface area (Å²) in [5.74, 6) is 0. The summed E-state index contributed by atoms with van der Waals surface area (Å²) in [7, 11) is 0. The van der Waals surface area contributed by atoms with E-state index < -0.39 is 0 Å². The fraction of sp³-hybridized carbons (Fsp3) is 0.500. The third kappa shape index (κ3) is 2.79. The summed E-state index contributed by atoms with van der Waals surface area (Å²) in [6, 6.07) is 0. The Kier molecular flexibility index (Phi) is 3.11. The molecule has 5 nitrogen and oxygen atoms in total. The van der Waals surface area contributed by atoms with E-state index in [1.165, 1.54) is 0 Å². The second-order valence-electron chi connectivity index (χ2n) is 2.09. The molecule has 0 aromatic carbocycles. The molecule has 0 aliphatic carbocycles. The number of amides is 1. The number of hydrogen-bond acceptors (Lipinski definition) is 3. The van der Waals surface area contributed by atoms with Gasteiger partial charge in [-0.3, -0.25) is 9.48 Å². The van der Waals surface area contributed by atoms with Crippen molar-refractivity contribution in [3.63, 3.8) is 0 Å². The van der Waals surface area contributed by atoms with E-state index in [0.29, 0.717) is 13.0 Å². The van der Waals surface area contributed by atoms with Crippen molar-refractivity contribution in [1.29, 1.82) is 0 Å². The number of carbonyl (C=O) groups excluding carboxylic acids is 1. The number of carbonyl (C=O) groups is 1. The molecule has 1 rings (SSSR count). The first-order valence-electron chi connectivity index (χ1n) is 3.44. The van der Waals surface area contributed by atoms with Crippen molar-refractivity contribution in [3.05, 3.63) is 12.4 Å². The topological polar surface area (TPSA) is 59.8 Å². The Balaban J connectivity index is 2.09. The molecule has 0 spiro atoms. The average molecular weight is 154 g/mol. The number of hydrogen-bond donors (Lipinski definition) is 1. The molecule has 1 heterocycles. The first-order chi connectivity index (χ1) is 5.43. The molecular weight excluding hydrogens is 144 g/mol. The number of nitrogens with zero attached hydrogens (tertiary/aromatic N) is 3. The molecule has 0 bridgehead atoms. The average Bonchev–Trinajstić information content (AvgIpc) is 2.50. The molecule has 0 atom stereocenters. The molecule has 60 valence electrons. The number of aryl methyl sites for hydroxylation is 1. The lowest BCUT2D eigenvalue weighted by Gasteiger charge is -1.98. The van der Waals surface area contributed by atoms with Gasteiger partial charge >= 0.3 is 0 Å². The van der Waals surface area contributed by atoms with Gasteiger partial charge in [-0.15, -0.1) is 5.10 Å². The van der Waals surface area contributed by atoms with Crippen LogP contribution in [0.2, 0.25) is 0 Å². The van der Waals surface area contributed by atoms with Crippen LogP contribution in [-0.4, -0.2) is 27.9 Å². The molecule has 0 unspecified atom stereocenters. The van der Waals surface area contributed by atoms with Gasteiger partial charge in [-0.25, -0.2) is 0 Å². The quantitative estimate of drug-likeness (QED) is 0.455. The summed E-state index contributed by atoms with van der Waals surface area (Å²) < 4.78 is 1.73. The molecule has 0 saturated heterocycles. The summed E-state index contributed by atoms with van der Waals surface area (Å²) in [5.41, 5.74) is 0. The Morgan fingerprint density at radius 1 is 1.64 bits per heavy atom. The smallest absolute Gasteiger partial charge is 0.207 e. The maximum absolute atomic E-state index is 9.82. The molecule has 11 heavy (non-hydrogen) atoms. The minimum absolute atomic E-state index is 0.684. The van der Waals surface area contributed by atoms with Crippen LogP contribution in [0.5, 0.6) is 0 Å². The van der Waals surface area contributed by atoms with Crippen LogP contribution in [0.15, 0.2) is 12.4 Å². The Morgan fingerprint density at radius 3 is 3.18 bits per heavy atom. The first kappa shape index (κ1) is 7.71. The normalized spacial score (nSPS) is 9.45. The van der Waals surface area contributed by atoms with Gasteiger partial charge in [-0.05, 0) is 6.42 Å². The highest BCUT2D eigenvalue weighted by molar-refractivity contribution is 5.45. The molecule has 1 N–H and O–H groups in total. The second-order valence-corrected chi connectivity index (χ2v) is 2.09. The van der Waals surface area contributed by atoms with Gasteiger partial charge in [0.05, 0.1) is 6.20 Å². The molecule has 1 amide bonds. The Labute approximate surface area is 64.4 Å². The van der Waals surface area contributed by atoms with E-state index in [2.05, 4.69) is 15.6 Å². The highest BCUT2D eigenvalue weighted by Crippen LogP contribution is 1.84. The van der Waals surface area contributed by atoms with Crippen LogP contribution >= 0.6 is 0 Å². The van der Waals surface area contributed by atoms with E-state index in [1.807, 2.05) is 0 Å². The van der Waals surface area contributed by atoms with Crippen molar-refractivity contribution >= 4 is 6.41 Å². The standard InChI is InChI=1S/C6H10N4O/c11-6-7-2-1-4-10-5-3-8-9-10/h3,5-6H,1-2,4H2,(H,7,11). The van der Waals surface area contributed by atoms with Gasteiger partial charge in [-0.1, -0.05) is 5.21 Å². The van der Waals surface area contributed by atoms with Crippen LogP contribution < -0.4 is 5.32 Å². The molecule has 1 aromatic rings. The molecule has 0 saturated carbocycles. The molecule has 0 aliphatic heterocycles. The lowest BCUT2D eigenvalue weighted by molar-refractivity contribution is -0.109. The van der Waals surface area contributed by atoms with Gasteiger partial charge < -0.3 is 5.32 Å². The Hall–Kier alpha value is -1.39. The van der Waals surface area contributed by atoms with E-state index in [0.717, 1.165) is 13.0 Å². The summed E-state index contributed by atoms with van der Waals surface area (Å²) in [4.78, 5) is 9.82. The number of aromatic nitrogens is 3. The predicted molar refractivity (Wildman–Crippen MR) is 38.7 cm³/mol. The van der Waals surface area contributed by atoms with Crippen molar-refractivity contribution in [2.45, 2.75) is 13.0 Å². The molecule has 0 aliphatic rings. The van der Waals surface area contributed by atoms with Gasteiger partial charge in [0.1, 0.15) is 0 Å². The first-order valence-corrected chi connectivity index (χ1v) is 3.44. The van der Waals surface area contributed by atoms with Crippen molar-refractivity contribution < 1.29 is 4.79 Å². The molecule has 1 aromatic heterocycles. The maximum atomic E-state index is 9.82. The Bertz CT molecular complexity index is 196. The van der Waals surface area contributed by atoms with Crippen molar-refractivity contribution in [2.24, 2.45) is 0 Å². The zero-order chi connectivity index (χ0) is 7.94. The summed E-state index contributed by atoms with van der Waals surface area (Å²) >= 11 is 0. The summed E-state index contributed by atoms with van der Waals surface area (Å²) in [5, 5.41) is 9.98. The molecule has 0 radical (unpaired) electrons. The summed E-state index contributed by atoms with van der Waals surface area (Å²) in [6.45, 7) is 1.48. The molecular formula is C6H10N4O. The molecule has 0 fully saturated rings. The van der Waals surface area contributed by atoms with E-state index in [4.69, 9.17) is 0 Å². The van der Waals surface area contributed by atoms with Crippen molar-refractivity contribution in [1.82, 2.24) is 20.3 Å². The maximum Gasteiger partial charge on any atom is 0.207 e. The number of nitrogens with one attached hydrogen (secondary N) is 1. The fourth-order valence-electron chi connectivity index (χ4n) is 0.754. The minimum Gasteiger partial charge on any atom is -0.359 e. The lowest BCUT2D eigenvalue weighted by atomic mass is 10.4. The second kappa shape index (κ2) is 4.43. The highest BCUT2D eigenvalue weighted by Gasteiger charge is 1.89. The van der Waals surface area contributed by atoms with E-state index in [1.54, 1.807) is 17.1 Å². The van der Waals surface area contributed by atoms with Crippen LogP contribution in [0.3, 0.4) is 0 Å². The van der Waals surface area contributed by atoms with Crippen LogP contribution in [0, 0.1) is 0 Å². The van der Waals surface area contributed by atoms with E-state index in [-0.39, 0.29) is 0 Å².